The number of aryl methyl sites for hydroxylation is 1. The van der Waals surface area contributed by atoms with E-state index in [1.54, 1.807) is 0 Å². The van der Waals surface area contributed by atoms with E-state index in [9.17, 15) is 4.79 Å². The molecule has 2 N–H and O–H groups in total. The molecule has 5 heteroatoms. The van der Waals surface area contributed by atoms with Crippen molar-refractivity contribution in [2.24, 2.45) is 5.92 Å². The SMILES string of the molecule is CCc1[nH]ncc1N1CCC(C(=O)O)CC1. The van der Waals surface area contributed by atoms with Gasteiger partial charge in [0.2, 0.25) is 0 Å². The zero-order chi connectivity index (χ0) is 11.5. The fourth-order valence-corrected chi connectivity index (χ4v) is 2.21. The van der Waals surface area contributed by atoms with Crippen molar-refractivity contribution in [2.75, 3.05) is 18.0 Å². The van der Waals surface area contributed by atoms with E-state index in [1.807, 2.05) is 6.20 Å². The second-order valence-corrected chi connectivity index (χ2v) is 4.19. The molecular weight excluding hydrogens is 206 g/mol. The first-order valence-corrected chi connectivity index (χ1v) is 5.72. The molecule has 1 aliphatic rings. The van der Waals surface area contributed by atoms with Gasteiger partial charge in [-0.05, 0) is 19.3 Å². The van der Waals surface area contributed by atoms with Gasteiger partial charge in [0.1, 0.15) is 0 Å². The van der Waals surface area contributed by atoms with Crippen LogP contribution in [0.15, 0.2) is 6.20 Å². The van der Waals surface area contributed by atoms with Crippen LogP contribution in [0.2, 0.25) is 0 Å². The first kappa shape index (κ1) is 11.0. The van der Waals surface area contributed by atoms with Gasteiger partial charge in [-0.15, -0.1) is 0 Å². The summed E-state index contributed by atoms with van der Waals surface area (Å²) < 4.78 is 0. The van der Waals surface area contributed by atoms with Gasteiger partial charge >= 0.3 is 5.97 Å². The minimum atomic E-state index is -0.664. The van der Waals surface area contributed by atoms with Crippen LogP contribution in [0.3, 0.4) is 0 Å². The number of H-pyrrole nitrogens is 1. The lowest BCUT2D eigenvalue weighted by Gasteiger charge is -2.31. The number of piperidine rings is 1. The highest BCUT2D eigenvalue weighted by molar-refractivity contribution is 5.70. The number of aliphatic carboxylic acids is 1. The second kappa shape index (κ2) is 4.55. The van der Waals surface area contributed by atoms with Gasteiger partial charge in [-0.2, -0.15) is 5.10 Å². The smallest absolute Gasteiger partial charge is 0.306 e. The Morgan fingerprint density at radius 1 is 1.62 bits per heavy atom. The molecule has 1 aliphatic heterocycles. The number of hydrogen-bond donors (Lipinski definition) is 2. The number of aromatic amines is 1. The molecule has 0 saturated carbocycles. The van der Waals surface area contributed by atoms with Crippen molar-refractivity contribution >= 4 is 11.7 Å². The normalized spacial score (nSPS) is 17.7. The van der Waals surface area contributed by atoms with Gasteiger partial charge < -0.3 is 10.0 Å². The van der Waals surface area contributed by atoms with E-state index in [2.05, 4.69) is 22.0 Å². The minimum Gasteiger partial charge on any atom is -0.481 e. The Bertz CT molecular complexity index is 367. The number of aromatic nitrogens is 2. The zero-order valence-electron chi connectivity index (χ0n) is 9.44. The maximum atomic E-state index is 10.8. The molecule has 2 heterocycles. The standard InChI is InChI=1S/C11H17N3O2/c1-2-9-10(7-12-13-9)14-5-3-8(4-6-14)11(15)16/h7-8H,2-6H2,1H3,(H,12,13)(H,15,16). The number of carboxylic acid groups (broad SMARTS) is 1. The highest BCUT2D eigenvalue weighted by Gasteiger charge is 2.25. The van der Waals surface area contributed by atoms with Crippen molar-refractivity contribution in [3.63, 3.8) is 0 Å². The Balaban J connectivity index is 2.01. The zero-order valence-corrected chi connectivity index (χ0v) is 9.44. The van der Waals surface area contributed by atoms with E-state index in [1.165, 1.54) is 0 Å². The summed E-state index contributed by atoms with van der Waals surface area (Å²) in [6.45, 7) is 3.70. The summed E-state index contributed by atoms with van der Waals surface area (Å²) in [5, 5.41) is 15.9. The van der Waals surface area contributed by atoms with Gasteiger partial charge in [0.05, 0.1) is 23.5 Å². The molecule has 1 aromatic heterocycles. The lowest BCUT2D eigenvalue weighted by molar-refractivity contribution is -0.142. The molecule has 0 aliphatic carbocycles. The summed E-state index contributed by atoms with van der Waals surface area (Å²) in [4.78, 5) is 13.1. The van der Waals surface area contributed by atoms with Gasteiger partial charge in [0.15, 0.2) is 0 Å². The molecule has 1 saturated heterocycles. The third-order valence-electron chi connectivity index (χ3n) is 3.23. The van der Waals surface area contributed by atoms with Crippen LogP contribution >= 0.6 is 0 Å². The van der Waals surface area contributed by atoms with Crippen LogP contribution in [-0.4, -0.2) is 34.4 Å². The largest absolute Gasteiger partial charge is 0.481 e. The topological polar surface area (TPSA) is 69.2 Å². The first-order valence-electron chi connectivity index (χ1n) is 5.72. The maximum absolute atomic E-state index is 10.8. The fraction of sp³-hybridized carbons (Fsp3) is 0.636. The molecule has 0 spiro atoms. The quantitative estimate of drug-likeness (QED) is 0.809. The van der Waals surface area contributed by atoms with Crippen LogP contribution in [0.1, 0.15) is 25.5 Å². The average Bonchev–Trinajstić information content (AvgIpc) is 2.77. The molecule has 16 heavy (non-hydrogen) atoms. The van der Waals surface area contributed by atoms with E-state index in [0.717, 1.165) is 43.7 Å². The summed E-state index contributed by atoms with van der Waals surface area (Å²) >= 11 is 0. The number of nitrogens with zero attached hydrogens (tertiary/aromatic N) is 2. The summed E-state index contributed by atoms with van der Waals surface area (Å²) in [5.74, 6) is -0.837. The van der Waals surface area contributed by atoms with Crippen LogP contribution in [-0.2, 0) is 11.2 Å². The average molecular weight is 223 g/mol. The highest BCUT2D eigenvalue weighted by atomic mass is 16.4. The van der Waals surface area contributed by atoms with Gasteiger partial charge in [-0.1, -0.05) is 6.92 Å². The third-order valence-corrected chi connectivity index (χ3v) is 3.23. The summed E-state index contributed by atoms with van der Waals surface area (Å²) in [6.07, 6.45) is 4.21. The molecule has 0 bridgehead atoms. The molecule has 0 unspecified atom stereocenters. The van der Waals surface area contributed by atoms with Crippen LogP contribution in [0.5, 0.6) is 0 Å². The molecule has 0 atom stereocenters. The van der Waals surface area contributed by atoms with Crippen molar-refractivity contribution in [1.82, 2.24) is 10.2 Å². The lowest BCUT2D eigenvalue weighted by Crippen LogP contribution is -2.36. The predicted molar refractivity (Wildman–Crippen MR) is 60.5 cm³/mol. The maximum Gasteiger partial charge on any atom is 0.306 e. The highest BCUT2D eigenvalue weighted by Crippen LogP contribution is 2.25. The number of carboxylic acids is 1. The molecule has 2 rings (SSSR count). The van der Waals surface area contributed by atoms with Gasteiger partial charge in [-0.3, -0.25) is 9.89 Å². The Morgan fingerprint density at radius 2 is 2.31 bits per heavy atom. The predicted octanol–water partition coefficient (Wildman–Crippen LogP) is 1.27. The third kappa shape index (κ3) is 2.03. The fourth-order valence-electron chi connectivity index (χ4n) is 2.21. The van der Waals surface area contributed by atoms with Crippen molar-refractivity contribution in [3.05, 3.63) is 11.9 Å². The first-order chi connectivity index (χ1) is 7.72. The Morgan fingerprint density at radius 3 is 2.88 bits per heavy atom. The number of carbonyl (C=O) groups is 1. The number of rotatable bonds is 3. The summed E-state index contributed by atoms with van der Waals surface area (Å²) in [5.41, 5.74) is 2.26. The number of hydrogen-bond acceptors (Lipinski definition) is 3. The van der Waals surface area contributed by atoms with E-state index >= 15 is 0 Å². The van der Waals surface area contributed by atoms with E-state index in [0.29, 0.717) is 0 Å². The van der Waals surface area contributed by atoms with E-state index in [4.69, 9.17) is 5.11 Å². The number of nitrogens with one attached hydrogen (secondary N) is 1. The Labute approximate surface area is 94.5 Å². The second-order valence-electron chi connectivity index (χ2n) is 4.19. The monoisotopic (exact) mass is 223 g/mol. The molecule has 1 aromatic rings. The molecule has 1 fully saturated rings. The van der Waals surface area contributed by atoms with Gasteiger partial charge in [0, 0.05) is 13.1 Å². The van der Waals surface area contributed by atoms with Crippen LogP contribution in [0, 0.1) is 5.92 Å². The Kier molecular flexibility index (Phi) is 3.12. The summed E-state index contributed by atoms with van der Waals surface area (Å²) in [7, 11) is 0. The molecule has 0 aromatic carbocycles. The summed E-state index contributed by atoms with van der Waals surface area (Å²) in [6, 6.07) is 0. The molecule has 0 radical (unpaired) electrons. The van der Waals surface area contributed by atoms with E-state index in [-0.39, 0.29) is 5.92 Å². The van der Waals surface area contributed by atoms with Crippen molar-refractivity contribution < 1.29 is 9.90 Å². The van der Waals surface area contributed by atoms with Crippen molar-refractivity contribution in [1.29, 1.82) is 0 Å². The van der Waals surface area contributed by atoms with Crippen molar-refractivity contribution in [3.8, 4) is 0 Å². The minimum absolute atomic E-state index is 0.173. The van der Waals surface area contributed by atoms with E-state index < -0.39 is 5.97 Å². The number of anilines is 1. The Hall–Kier alpha value is -1.52. The van der Waals surface area contributed by atoms with Crippen LogP contribution < -0.4 is 4.90 Å². The molecule has 5 nitrogen and oxygen atoms in total. The molecule has 88 valence electrons. The van der Waals surface area contributed by atoms with Crippen LogP contribution in [0.25, 0.3) is 0 Å². The molecule has 0 amide bonds. The van der Waals surface area contributed by atoms with Gasteiger partial charge in [-0.25, -0.2) is 0 Å². The van der Waals surface area contributed by atoms with Crippen LogP contribution in [0.4, 0.5) is 5.69 Å². The molecular formula is C11H17N3O2. The van der Waals surface area contributed by atoms with Gasteiger partial charge in [0.25, 0.3) is 0 Å². The lowest BCUT2D eigenvalue weighted by atomic mass is 9.97. The van der Waals surface area contributed by atoms with Crippen molar-refractivity contribution in [2.45, 2.75) is 26.2 Å².